The van der Waals surface area contributed by atoms with Crippen LogP contribution in [-0.4, -0.2) is 36.7 Å². The maximum absolute atomic E-state index is 12.3. The molecule has 2 amide bonds. The van der Waals surface area contributed by atoms with E-state index >= 15 is 0 Å². The molecular formula is C24H18N2O5. The van der Waals surface area contributed by atoms with Gasteiger partial charge in [-0.25, -0.2) is 0 Å². The van der Waals surface area contributed by atoms with Gasteiger partial charge in [0, 0.05) is 11.3 Å². The Morgan fingerprint density at radius 2 is 1.45 bits per heavy atom. The Morgan fingerprint density at radius 1 is 0.806 bits per heavy atom. The van der Waals surface area contributed by atoms with Crippen molar-refractivity contribution in [2.24, 2.45) is 0 Å². The molecule has 0 bridgehead atoms. The lowest BCUT2D eigenvalue weighted by Crippen LogP contribution is -2.36. The number of carbonyl (C=O) groups is 4. The van der Waals surface area contributed by atoms with E-state index in [1.807, 2.05) is 42.5 Å². The van der Waals surface area contributed by atoms with Crippen LogP contribution in [0.2, 0.25) is 0 Å². The van der Waals surface area contributed by atoms with Crippen molar-refractivity contribution in [2.75, 3.05) is 23.4 Å². The Hall–Kier alpha value is -4.26. The molecule has 1 aliphatic rings. The molecule has 0 aromatic heterocycles. The molecule has 0 saturated carbocycles. The van der Waals surface area contributed by atoms with Crippen LogP contribution in [0.5, 0.6) is 0 Å². The first-order valence-electron chi connectivity index (χ1n) is 9.60. The standard InChI is InChI=1S/C24H18N2O5/c27-21(25-19-12-6-4-10-17(19)16-8-2-1-3-9-16)15-31-22(28)14-26-20-13-7-5-11-18(20)23(29)24(26)30/h1-13H,14-15H2,(H,25,27). The molecule has 154 valence electrons. The molecule has 31 heavy (non-hydrogen) atoms. The largest absolute Gasteiger partial charge is 0.454 e. The summed E-state index contributed by atoms with van der Waals surface area (Å²) in [4.78, 5) is 49.7. The third-order valence-electron chi connectivity index (χ3n) is 4.82. The van der Waals surface area contributed by atoms with Crippen molar-refractivity contribution in [1.29, 1.82) is 0 Å². The van der Waals surface area contributed by atoms with E-state index in [1.54, 1.807) is 30.3 Å². The summed E-state index contributed by atoms with van der Waals surface area (Å²) in [5.41, 5.74) is 2.96. The van der Waals surface area contributed by atoms with Gasteiger partial charge in [0.1, 0.15) is 6.54 Å². The lowest BCUT2D eigenvalue weighted by atomic mass is 10.0. The Kier molecular flexibility index (Phi) is 5.57. The number of benzene rings is 3. The average molecular weight is 414 g/mol. The third kappa shape index (κ3) is 4.20. The fourth-order valence-electron chi connectivity index (χ4n) is 3.37. The van der Waals surface area contributed by atoms with Gasteiger partial charge in [0.15, 0.2) is 6.61 Å². The number of Topliss-reactive ketones (excluding diaryl/α,β-unsaturated/α-hetero) is 1. The van der Waals surface area contributed by atoms with Crippen molar-refractivity contribution in [3.8, 4) is 11.1 Å². The van der Waals surface area contributed by atoms with E-state index in [9.17, 15) is 19.2 Å². The number of ketones is 1. The van der Waals surface area contributed by atoms with Gasteiger partial charge < -0.3 is 10.1 Å². The molecule has 7 heteroatoms. The highest BCUT2D eigenvalue weighted by Gasteiger charge is 2.36. The maximum Gasteiger partial charge on any atom is 0.326 e. The van der Waals surface area contributed by atoms with Gasteiger partial charge in [-0.1, -0.05) is 60.7 Å². The van der Waals surface area contributed by atoms with Crippen LogP contribution in [0.3, 0.4) is 0 Å². The molecule has 3 aromatic rings. The lowest BCUT2D eigenvalue weighted by molar-refractivity contribution is -0.146. The number of rotatable bonds is 6. The van der Waals surface area contributed by atoms with Crippen molar-refractivity contribution in [3.63, 3.8) is 0 Å². The predicted octanol–water partition coefficient (Wildman–Crippen LogP) is 3.06. The van der Waals surface area contributed by atoms with E-state index in [0.717, 1.165) is 16.0 Å². The molecule has 0 spiro atoms. The zero-order valence-corrected chi connectivity index (χ0v) is 16.4. The topological polar surface area (TPSA) is 92.8 Å². The van der Waals surface area contributed by atoms with Crippen molar-refractivity contribution in [2.45, 2.75) is 0 Å². The molecular weight excluding hydrogens is 396 g/mol. The second-order valence-electron chi connectivity index (χ2n) is 6.86. The van der Waals surface area contributed by atoms with Crippen LogP contribution < -0.4 is 10.2 Å². The van der Waals surface area contributed by atoms with E-state index in [0.29, 0.717) is 11.4 Å². The van der Waals surface area contributed by atoms with Gasteiger partial charge in [-0.05, 0) is 23.8 Å². The summed E-state index contributed by atoms with van der Waals surface area (Å²) in [6, 6.07) is 23.3. The van der Waals surface area contributed by atoms with Crippen LogP contribution >= 0.6 is 0 Å². The minimum atomic E-state index is -0.792. The van der Waals surface area contributed by atoms with Crippen molar-refractivity contribution >= 4 is 34.9 Å². The predicted molar refractivity (Wildman–Crippen MR) is 115 cm³/mol. The molecule has 0 saturated heterocycles. The highest BCUT2D eigenvalue weighted by Crippen LogP contribution is 2.29. The summed E-state index contributed by atoms with van der Waals surface area (Å²) < 4.78 is 5.03. The lowest BCUT2D eigenvalue weighted by Gasteiger charge is -2.15. The molecule has 1 N–H and O–H groups in total. The first kappa shape index (κ1) is 20.0. The zero-order valence-electron chi connectivity index (χ0n) is 16.4. The van der Waals surface area contributed by atoms with Crippen LogP contribution in [-0.2, 0) is 19.1 Å². The number of amides is 2. The summed E-state index contributed by atoms with van der Waals surface area (Å²) in [6.45, 7) is -0.963. The molecule has 3 aromatic carbocycles. The van der Waals surface area contributed by atoms with Crippen LogP contribution in [0.4, 0.5) is 11.4 Å². The molecule has 1 heterocycles. The Balaban J connectivity index is 1.37. The van der Waals surface area contributed by atoms with Crippen molar-refractivity contribution in [1.82, 2.24) is 0 Å². The number of carbonyl (C=O) groups excluding carboxylic acids is 4. The molecule has 7 nitrogen and oxygen atoms in total. The normalized spacial score (nSPS) is 12.5. The number of ether oxygens (including phenoxy) is 1. The second kappa shape index (κ2) is 8.62. The Morgan fingerprint density at radius 3 is 2.23 bits per heavy atom. The van der Waals surface area contributed by atoms with Gasteiger partial charge >= 0.3 is 5.97 Å². The van der Waals surface area contributed by atoms with Gasteiger partial charge in [0.2, 0.25) is 0 Å². The van der Waals surface area contributed by atoms with Crippen LogP contribution in [0, 0.1) is 0 Å². The molecule has 0 aliphatic carbocycles. The number of nitrogens with one attached hydrogen (secondary N) is 1. The van der Waals surface area contributed by atoms with Gasteiger partial charge in [-0.2, -0.15) is 0 Å². The summed E-state index contributed by atoms with van der Waals surface area (Å²) in [5, 5.41) is 2.74. The van der Waals surface area contributed by atoms with Crippen LogP contribution in [0.25, 0.3) is 11.1 Å². The monoisotopic (exact) mass is 414 g/mol. The van der Waals surface area contributed by atoms with E-state index in [2.05, 4.69) is 5.32 Å². The number of para-hydroxylation sites is 2. The molecule has 0 atom stereocenters. The van der Waals surface area contributed by atoms with E-state index in [4.69, 9.17) is 4.74 Å². The summed E-state index contributed by atoms with van der Waals surface area (Å²) in [6.07, 6.45) is 0. The van der Waals surface area contributed by atoms with Gasteiger partial charge in [0.25, 0.3) is 17.6 Å². The van der Waals surface area contributed by atoms with Gasteiger partial charge in [0.05, 0.1) is 11.3 Å². The Bertz CT molecular complexity index is 1170. The summed E-state index contributed by atoms with van der Waals surface area (Å²) in [5.74, 6) is -2.76. The number of hydrogen-bond acceptors (Lipinski definition) is 5. The smallest absolute Gasteiger partial charge is 0.326 e. The molecule has 0 unspecified atom stereocenters. The van der Waals surface area contributed by atoms with E-state index in [1.165, 1.54) is 6.07 Å². The summed E-state index contributed by atoms with van der Waals surface area (Å²) >= 11 is 0. The fourth-order valence-corrected chi connectivity index (χ4v) is 3.37. The van der Waals surface area contributed by atoms with E-state index in [-0.39, 0.29) is 5.56 Å². The summed E-state index contributed by atoms with van der Waals surface area (Å²) in [7, 11) is 0. The van der Waals surface area contributed by atoms with Gasteiger partial charge in [-0.3, -0.25) is 24.1 Å². The van der Waals surface area contributed by atoms with E-state index < -0.39 is 36.7 Å². The first-order chi connectivity index (χ1) is 15.0. The van der Waals surface area contributed by atoms with Crippen molar-refractivity contribution in [3.05, 3.63) is 84.4 Å². The van der Waals surface area contributed by atoms with Crippen molar-refractivity contribution < 1.29 is 23.9 Å². The third-order valence-corrected chi connectivity index (χ3v) is 4.82. The quantitative estimate of drug-likeness (QED) is 0.494. The maximum atomic E-state index is 12.3. The van der Waals surface area contributed by atoms with Crippen LogP contribution in [0.15, 0.2) is 78.9 Å². The van der Waals surface area contributed by atoms with Crippen LogP contribution in [0.1, 0.15) is 10.4 Å². The minimum Gasteiger partial charge on any atom is -0.454 e. The number of anilines is 2. The number of esters is 1. The fraction of sp³-hybridized carbons (Fsp3) is 0.0833. The molecule has 0 radical (unpaired) electrons. The first-order valence-corrected chi connectivity index (χ1v) is 9.60. The zero-order chi connectivity index (χ0) is 21.8. The number of fused-ring (bicyclic) bond motifs is 1. The minimum absolute atomic E-state index is 0.246. The molecule has 0 fully saturated rings. The molecule has 1 aliphatic heterocycles. The van der Waals surface area contributed by atoms with Gasteiger partial charge in [-0.15, -0.1) is 0 Å². The second-order valence-corrected chi connectivity index (χ2v) is 6.86. The molecule has 4 rings (SSSR count). The highest BCUT2D eigenvalue weighted by atomic mass is 16.5. The number of hydrogen-bond donors (Lipinski definition) is 1. The average Bonchev–Trinajstić information content (AvgIpc) is 3.04. The SMILES string of the molecule is O=C(COC(=O)CN1C(=O)C(=O)c2ccccc21)Nc1ccccc1-c1ccccc1. The highest BCUT2D eigenvalue weighted by molar-refractivity contribution is 6.52. The number of nitrogens with zero attached hydrogens (tertiary/aromatic N) is 1. The Labute approximate surface area is 178 Å².